The molecule has 0 saturated carbocycles. The highest BCUT2D eigenvalue weighted by molar-refractivity contribution is 14.1. The molecule has 0 fully saturated rings. The fraction of sp³-hybridized carbons (Fsp3) is 0.333. The Morgan fingerprint density at radius 3 is 2.50 bits per heavy atom. The van der Waals surface area contributed by atoms with Crippen molar-refractivity contribution in [1.29, 1.82) is 0 Å². The molecule has 0 rings (SSSR count). The minimum atomic E-state index is 0.231. The van der Waals surface area contributed by atoms with E-state index in [-0.39, 0.29) is 4.11 Å². The first-order valence-electron chi connectivity index (χ1n) is 1.60. The van der Waals surface area contributed by atoms with Crippen LogP contribution >= 0.6 is 22.6 Å². The maximum atomic E-state index is 4.91. The fourth-order valence-corrected chi connectivity index (χ4v) is 0.289. The van der Waals surface area contributed by atoms with Crippen LogP contribution in [0.15, 0.2) is 12.7 Å². The van der Waals surface area contributed by atoms with Gasteiger partial charge in [0.25, 0.3) is 0 Å². The van der Waals surface area contributed by atoms with Crippen LogP contribution in [0.1, 0.15) is 0 Å². The average molecular weight is 214 g/mol. The standard InChI is InChI=1S/C3H7IOSi/c1-2-3(4)5-6/h2-3H,1H2,6H3. The van der Waals surface area contributed by atoms with Gasteiger partial charge < -0.3 is 4.43 Å². The van der Waals surface area contributed by atoms with Gasteiger partial charge in [-0.2, -0.15) is 0 Å². The van der Waals surface area contributed by atoms with E-state index in [2.05, 4.69) is 29.2 Å². The van der Waals surface area contributed by atoms with Gasteiger partial charge in [0.15, 0.2) is 0 Å². The highest BCUT2D eigenvalue weighted by Crippen LogP contribution is 1.98. The fourth-order valence-electron chi connectivity index (χ4n) is 0.0962. The van der Waals surface area contributed by atoms with E-state index in [1.807, 2.05) is 0 Å². The third kappa shape index (κ3) is 2.86. The second kappa shape index (κ2) is 3.82. The summed E-state index contributed by atoms with van der Waals surface area (Å²) < 4.78 is 5.14. The molecule has 1 nitrogen and oxygen atoms in total. The van der Waals surface area contributed by atoms with E-state index in [1.165, 1.54) is 0 Å². The maximum absolute atomic E-state index is 4.91. The monoisotopic (exact) mass is 214 g/mol. The molecule has 0 bridgehead atoms. The number of alkyl halides is 1. The van der Waals surface area contributed by atoms with Gasteiger partial charge in [-0.25, -0.2) is 0 Å². The molecule has 0 aliphatic heterocycles. The Balaban J connectivity index is 2.96. The van der Waals surface area contributed by atoms with Gasteiger partial charge in [0, 0.05) is 0 Å². The summed E-state index contributed by atoms with van der Waals surface area (Å²) in [4.78, 5) is 0. The molecule has 0 aliphatic rings. The molecular weight excluding hydrogens is 207 g/mol. The van der Waals surface area contributed by atoms with E-state index in [4.69, 9.17) is 4.43 Å². The van der Waals surface area contributed by atoms with E-state index >= 15 is 0 Å². The lowest BCUT2D eigenvalue weighted by Gasteiger charge is -1.96. The van der Waals surface area contributed by atoms with Gasteiger partial charge >= 0.3 is 0 Å². The van der Waals surface area contributed by atoms with Crippen molar-refractivity contribution in [3.8, 4) is 0 Å². The summed E-state index contributed by atoms with van der Waals surface area (Å²) in [5.74, 6) is 0. The van der Waals surface area contributed by atoms with Gasteiger partial charge in [0.05, 0.1) is 0 Å². The number of halogens is 1. The molecule has 0 heterocycles. The Morgan fingerprint density at radius 2 is 2.50 bits per heavy atom. The highest BCUT2D eigenvalue weighted by Gasteiger charge is 1.85. The largest absolute Gasteiger partial charge is 0.413 e. The van der Waals surface area contributed by atoms with Crippen molar-refractivity contribution in [3.05, 3.63) is 12.7 Å². The predicted molar refractivity (Wildman–Crippen MR) is 39.0 cm³/mol. The first-order chi connectivity index (χ1) is 2.81. The van der Waals surface area contributed by atoms with Gasteiger partial charge in [0.2, 0.25) is 0 Å². The minimum absolute atomic E-state index is 0.231. The maximum Gasteiger partial charge on any atom is 0.147 e. The molecule has 0 amide bonds. The van der Waals surface area contributed by atoms with Crippen molar-refractivity contribution >= 4 is 33.1 Å². The summed E-state index contributed by atoms with van der Waals surface area (Å²) >= 11 is 2.16. The van der Waals surface area contributed by atoms with Crippen molar-refractivity contribution in [2.24, 2.45) is 0 Å². The molecule has 0 radical (unpaired) electrons. The van der Waals surface area contributed by atoms with E-state index in [1.54, 1.807) is 6.08 Å². The molecule has 1 unspecified atom stereocenters. The van der Waals surface area contributed by atoms with Crippen molar-refractivity contribution in [2.75, 3.05) is 0 Å². The molecule has 0 N–H and O–H groups in total. The van der Waals surface area contributed by atoms with Gasteiger partial charge in [0.1, 0.15) is 14.6 Å². The summed E-state index contributed by atoms with van der Waals surface area (Å²) in [5, 5.41) is 0. The molecule has 0 aromatic carbocycles. The summed E-state index contributed by atoms with van der Waals surface area (Å²) in [6.07, 6.45) is 1.77. The Hall–Kier alpha value is 0.647. The molecule has 3 heteroatoms. The van der Waals surface area contributed by atoms with Crippen LogP contribution in [0.2, 0.25) is 0 Å². The Kier molecular flexibility index (Phi) is 4.24. The molecule has 0 spiro atoms. The first kappa shape index (κ1) is 6.65. The normalized spacial score (nSPS) is 14.2. The molecule has 1 atom stereocenters. The van der Waals surface area contributed by atoms with Crippen LogP contribution in [0, 0.1) is 0 Å². The van der Waals surface area contributed by atoms with Crippen LogP contribution < -0.4 is 0 Å². The highest BCUT2D eigenvalue weighted by atomic mass is 127. The second-order valence-electron chi connectivity index (χ2n) is 0.823. The molecule has 0 aromatic rings. The van der Waals surface area contributed by atoms with Crippen LogP contribution in [0.4, 0.5) is 0 Å². The Morgan fingerprint density at radius 1 is 2.00 bits per heavy atom. The zero-order valence-electron chi connectivity index (χ0n) is 3.65. The van der Waals surface area contributed by atoms with Crippen LogP contribution in [0.5, 0.6) is 0 Å². The lowest BCUT2D eigenvalue weighted by Crippen LogP contribution is -1.93. The van der Waals surface area contributed by atoms with Crippen LogP contribution in [-0.2, 0) is 4.43 Å². The van der Waals surface area contributed by atoms with Crippen molar-refractivity contribution in [3.63, 3.8) is 0 Å². The third-order valence-corrected chi connectivity index (χ3v) is 2.89. The molecule has 0 saturated heterocycles. The second-order valence-corrected chi connectivity index (χ2v) is 2.52. The van der Waals surface area contributed by atoms with Crippen LogP contribution in [0.25, 0.3) is 0 Å². The van der Waals surface area contributed by atoms with Crippen molar-refractivity contribution in [2.45, 2.75) is 4.11 Å². The van der Waals surface area contributed by atoms with Gasteiger partial charge in [-0.05, 0) is 22.6 Å². The SMILES string of the molecule is C=CC(I)O[SiH3]. The number of hydrogen-bond acceptors (Lipinski definition) is 1. The topological polar surface area (TPSA) is 9.23 Å². The van der Waals surface area contributed by atoms with Crippen molar-refractivity contribution < 1.29 is 4.43 Å². The Bertz CT molecular complexity index is 48.1. The quantitative estimate of drug-likeness (QED) is 0.277. The zero-order chi connectivity index (χ0) is 4.99. The van der Waals surface area contributed by atoms with Crippen LogP contribution in [-0.4, -0.2) is 14.6 Å². The smallest absolute Gasteiger partial charge is 0.147 e. The first-order valence-corrected chi connectivity index (χ1v) is 3.67. The molecule has 6 heavy (non-hydrogen) atoms. The van der Waals surface area contributed by atoms with Crippen molar-refractivity contribution in [1.82, 2.24) is 0 Å². The van der Waals surface area contributed by atoms with E-state index in [0.29, 0.717) is 0 Å². The van der Waals surface area contributed by atoms with Gasteiger partial charge in [-0.1, -0.05) is 12.7 Å². The van der Waals surface area contributed by atoms with Crippen LogP contribution in [0.3, 0.4) is 0 Å². The molecule has 0 aliphatic carbocycles. The summed E-state index contributed by atoms with van der Waals surface area (Å²) in [7, 11) is 0.804. The van der Waals surface area contributed by atoms with Gasteiger partial charge in [-0.15, -0.1) is 0 Å². The lowest BCUT2D eigenvalue weighted by atomic mass is 10.7. The lowest BCUT2D eigenvalue weighted by molar-refractivity contribution is 0.383. The van der Waals surface area contributed by atoms with E-state index < -0.39 is 0 Å². The van der Waals surface area contributed by atoms with E-state index in [0.717, 1.165) is 10.5 Å². The predicted octanol–water partition coefficient (Wildman–Crippen LogP) is 0.230. The minimum Gasteiger partial charge on any atom is -0.413 e. The summed E-state index contributed by atoms with van der Waals surface area (Å²) in [6.45, 7) is 3.52. The Labute approximate surface area is 54.4 Å². The van der Waals surface area contributed by atoms with E-state index in [9.17, 15) is 0 Å². The molecular formula is C3H7IOSi. The summed E-state index contributed by atoms with van der Waals surface area (Å²) in [5.41, 5.74) is 0. The number of rotatable bonds is 2. The number of hydrogen-bond donors (Lipinski definition) is 0. The third-order valence-electron chi connectivity index (χ3n) is 0.410. The molecule has 0 aromatic heterocycles. The van der Waals surface area contributed by atoms with Gasteiger partial charge in [-0.3, -0.25) is 0 Å². The summed E-state index contributed by atoms with van der Waals surface area (Å²) in [6, 6.07) is 0. The average Bonchev–Trinajstić information content (AvgIpc) is 1.65. The molecule has 36 valence electrons. The zero-order valence-corrected chi connectivity index (χ0v) is 7.81.